The van der Waals surface area contributed by atoms with Crippen molar-refractivity contribution in [2.24, 2.45) is 5.92 Å². The minimum atomic E-state index is -3.32. The van der Waals surface area contributed by atoms with Crippen molar-refractivity contribution < 1.29 is 18.0 Å². The molecule has 172 valence electrons. The second kappa shape index (κ2) is 8.42. The molecule has 0 radical (unpaired) electrons. The number of amides is 2. The Bertz CT molecular complexity index is 1330. The maximum absolute atomic E-state index is 12.8. The summed E-state index contributed by atoms with van der Waals surface area (Å²) in [5.74, 6) is -0.817. The maximum Gasteiger partial charge on any atom is 0.231 e. The molecule has 2 fully saturated rings. The number of sulfone groups is 1. The molecule has 0 spiro atoms. The summed E-state index contributed by atoms with van der Waals surface area (Å²) in [5.41, 5.74) is 2.57. The van der Waals surface area contributed by atoms with E-state index in [1.165, 1.54) is 30.2 Å². The molecule has 3 aromatic rings. The topological polar surface area (TPSA) is 99.7 Å². The van der Waals surface area contributed by atoms with Crippen LogP contribution in [0, 0.1) is 5.92 Å². The lowest BCUT2D eigenvalue weighted by Gasteiger charge is -2.20. The fourth-order valence-electron chi connectivity index (χ4n) is 4.35. The third-order valence-corrected chi connectivity index (χ3v) is 8.19. The van der Waals surface area contributed by atoms with Gasteiger partial charge in [0.1, 0.15) is 0 Å². The molecule has 2 amide bonds. The van der Waals surface area contributed by atoms with Gasteiger partial charge in [-0.1, -0.05) is 11.3 Å². The Hall–Kier alpha value is -2.98. The average molecular weight is 485 g/mol. The van der Waals surface area contributed by atoms with E-state index in [9.17, 15) is 18.0 Å². The summed E-state index contributed by atoms with van der Waals surface area (Å²) in [6, 6.07) is 12.7. The number of hydrogen-bond donors (Lipinski definition) is 1. The number of rotatable bonds is 5. The number of carbonyl (C=O) groups excluding carboxylic acids is 2. The van der Waals surface area contributed by atoms with Crippen molar-refractivity contribution in [1.29, 1.82) is 0 Å². The lowest BCUT2D eigenvalue weighted by Crippen LogP contribution is -2.28. The molecular weight excluding hydrogens is 460 g/mol. The van der Waals surface area contributed by atoms with Crippen LogP contribution < -0.4 is 15.1 Å². The van der Waals surface area contributed by atoms with Gasteiger partial charge in [-0.3, -0.25) is 9.59 Å². The van der Waals surface area contributed by atoms with Gasteiger partial charge in [-0.05, 0) is 55.3 Å². The molecule has 10 heteroatoms. The van der Waals surface area contributed by atoms with Crippen LogP contribution in [-0.4, -0.2) is 51.1 Å². The number of hydrogen-bond acceptors (Lipinski definition) is 7. The van der Waals surface area contributed by atoms with Crippen LogP contribution in [0.3, 0.4) is 0 Å². The van der Waals surface area contributed by atoms with Gasteiger partial charge in [0.05, 0.1) is 21.0 Å². The first kappa shape index (κ1) is 21.8. The molecule has 1 unspecified atom stereocenters. The number of fused-ring (bicyclic) bond motifs is 1. The molecule has 2 aromatic carbocycles. The Balaban J connectivity index is 1.26. The van der Waals surface area contributed by atoms with E-state index in [1.807, 2.05) is 24.3 Å². The Morgan fingerprint density at radius 1 is 1.09 bits per heavy atom. The number of anilines is 3. The zero-order chi connectivity index (χ0) is 23.2. The Labute approximate surface area is 196 Å². The van der Waals surface area contributed by atoms with E-state index in [0.29, 0.717) is 21.9 Å². The summed E-state index contributed by atoms with van der Waals surface area (Å²) >= 11 is 1.22. The molecular formula is C23H24N4O4S2. The first-order valence-corrected chi connectivity index (χ1v) is 13.6. The first-order chi connectivity index (χ1) is 15.8. The van der Waals surface area contributed by atoms with Gasteiger partial charge >= 0.3 is 0 Å². The molecule has 0 aliphatic carbocycles. The highest BCUT2D eigenvalue weighted by Gasteiger charge is 2.35. The summed E-state index contributed by atoms with van der Waals surface area (Å²) in [6.07, 6.45) is 3.71. The lowest BCUT2D eigenvalue weighted by atomic mass is 10.1. The van der Waals surface area contributed by atoms with Crippen LogP contribution in [-0.2, 0) is 19.4 Å². The predicted molar refractivity (Wildman–Crippen MR) is 130 cm³/mol. The standard InChI is InChI=1S/C23H24N4O4S2/c1-33(30,31)18-8-9-19-20(13-18)32-23(24-19)25-22(29)15-12-21(28)27(14-15)17-6-4-16(5-7-17)26-10-2-3-11-26/h4-9,13,15H,2-3,10-12,14H2,1H3,(H,24,25,29). The molecule has 2 aliphatic rings. The Morgan fingerprint density at radius 3 is 2.48 bits per heavy atom. The third kappa shape index (κ3) is 4.45. The van der Waals surface area contributed by atoms with Crippen LogP contribution in [0.2, 0.25) is 0 Å². The van der Waals surface area contributed by atoms with Gasteiger partial charge in [-0.25, -0.2) is 13.4 Å². The maximum atomic E-state index is 12.8. The molecule has 1 atom stereocenters. The molecule has 33 heavy (non-hydrogen) atoms. The zero-order valence-corrected chi connectivity index (χ0v) is 19.8. The van der Waals surface area contributed by atoms with Crippen LogP contribution >= 0.6 is 11.3 Å². The van der Waals surface area contributed by atoms with Gasteiger partial charge in [-0.15, -0.1) is 0 Å². The number of thiazole rings is 1. The van der Waals surface area contributed by atoms with Crippen LogP contribution in [0.25, 0.3) is 10.2 Å². The van der Waals surface area contributed by atoms with Gasteiger partial charge < -0.3 is 15.1 Å². The largest absolute Gasteiger partial charge is 0.372 e. The summed E-state index contributed by atoms with van der Waals surface area (Å²) in [6.45, 7) is 2.44. The molecule has 0 saturated carbocycles. The summed E-state index contributed by atoms with van der Waals surface area (Å²) in [5, 5.41) is 3.19. The van der Waals surface area contributed by atoms with Gasteiger partial charge in [0.15, 0.2) is 15.0 Å². The Morgan fingerprint density at radius 2 is 1.79 bits per heavy atom. The molecule has 2 saturated heterocycles. The molecule has 1 N–H and O–H groups in total. The highest BCUT2D eigenvalue weighted by Crippen LogP contribution is 2.31. The minimum absolute atomic E-state index is 0.0776. The van der Waals surface area contributed by atoms with Crippen molar-refractivity contribution in [3.8, 4) is 0 Å². The quantitative estimate of drug-likeness (QED) is 0.597. The molecule has 3 heterocycles. The van der Waals surface area contributed by atoms with Crippen LogP contribution in [0.4, 0.5) is 16.5 Å². The fourth-order valence-corrected chi connectivity index (χ4v) is 5.98. The van der Waals surface area contributed by atoms with Gasteiger partial charge in [0.2, 0.25) is 11.8 Å². The summed E-state index contributed by atoms with van der Waals surface area (Å²) < 4.78 is 24.2. The van der Waals surface area contributed by atoms with E-state index < -0.39 is 15.8 Å². The van der Waals surface area contributed by atoms with Crippen LogP contribution in [0.1, 0.15) is 19.3 Å². The van der Waals surface area contributed by atoms with E-state index in [4.69, 9.17) is 0 Å². The fraction of sp³-hybridized carbons (Fsp3) is 0.348. The normalized spacial score (nSPS) is 18.9. The van der Waals surface area contributed by atoms with Gasteiger partial charge in [-0.2, -0.15) is 0 Å². The number of carbonyl (C=O) groups is 2. The molecule has 8 nitrogen and oxygen atoms in total. The lowest BCUT2D eigenvalue weighted by molar-refractivity contribution is -0.122. The summed E-state index contributed by atoms with van der Waals surface area (Å²) in [7, 11) is -3.32. The highest BCUT2D eigenvalue weighted by atomic mass is 32.2. The van der Waals surface area contributed by atoms with E-state index in [0.717, 1.165) is 30.7 Å². The molecule has 5 rings (SSSR count). The van der Waals surface area contributed by atoms with Crippen molar-refractivity contribution in [1.82, 2.24) is 4.98 Å². The average Bonchev–Trinajstić information content (AvgIpc) is 3.52. The number of aromatic nitrogens is 1. The molecule has 0 bridgehead atoms. The number of benzene rings is 2. The second-order valence-corrected chi connectivity index (χ2v) is 11.6. The number of nitrogens with zero attached hydrogens (tertiary/aromatic N) is 3. The summed E-state index contributed by atoms with van der Waals surface area (Å²) in [4.78, 5) is 34.1. The highest BCUT2D eigenvalue weighted by molar-refractivity contribution is 7.90. The Kier molecular flexibility index (Phi) is 5.57. The monoisotopic (exact) mass is 484 g/mol. The molecule has 2 aliphatic heterocycles. The van der Waals surface area contributed by atoms with Crippen molar-refractivity contribution in [2.75, 3.05) is 41.0 Å². The number of nitrogens with one attached hydrogen (secondary N) is 1. The van der Waals surface area contributed by atoms with Crippen molar-refractivity contribution in [3.05, 3.63) is 42.5 Å². The minimum Gasteiger partial charge on any atom is -0.372 e. The predicted octanol–water partition coefficient (Wildman–Crippen LogP) is 3.29. The van der Waals surface area contributed by atoms with Crippen LogP contribution in [0.5, 0.6) is 0 Å². The van der Waals surface area contributed by atoms with E-state index in [2.05, 4.69) is 15.2 Å². The SMILES string of the molecule is CS(=O)(=O)c1ccc2nc(NC(=O)C3CC(=O)N(c4ccc(N5CCCC5)cc4)C3)sc2c1. The van der Waals surface area contributed by atoms with E-state index in [1.54, 1.807) is 17.0 Å². The zero-order valence-electron chi connectivity index (χ0n) is 18.2. The van der Waals surface area contributed by atoms with Gasteiger partial charge in [0.25, 0.3) is 0 Å². The third-order valence-electron chi connectivity index (χ3n) is 6.15. The van der Waals surface area contributed by atoms with Crippen molar-refractivity contribution in [3.63, 3.8) is 0 Å². The van der Waals surface area contributed by atoms with Crippen molar-refractivity contribution in [2.45, 2.75) is 24.2 Å². The smallest absolute Gasteiger partial charge is 0.231 e. The first-order valence-electron chi connectivity index (χ1n) is 10.8. The van der Waals surface area contributed by atoms with E-state index >= 15 is 0 Å². The molecule has 1 aromatic heterocycles. The second-order valence-electron chi connectivity index (χ2n) is 8.53. The van der Waals surface area contributed by atoms with E-state index in [-0.39, 0.29) is 23.1 Å². The van der Waals surface area contributed by atoms with Gasteiger partial charge in [0, 0.05) is 43.7 Å². The van der Waals surface area contributed by atoms with Crippen molar-refractivity contribution >= 4 is 59.7 Å². The van der Waals surface area contributed by atoms with Crippen LogP contribution in [0.15, 0.2) is 47.4 Å².